The minimum absolute atomic E-state index is 0.194. The van der Waals surface area contributed by atoms with E-state index in [4.69, 9.17) is 4.74 Å². The van der Waals surface area contributed by atoms with Crippen LogP contribution in [0.25, 0.3) is 0 Å². The number of aliphatic hydroxyl groups excluding tert-OH is 1. The number of rotatable bonds is 8. The van der Waals surface area contributed by atoms with Gasteiger partial charge in [0.25, 0.3) is 0 Å². The summed E-state index contributed by atoms with van der Waals surface area (Å²) in [5.41, 5.74) is 3.23. The molecule has 0 saturated heterocycles. The molecule has 0 aliphatic heterocycles. The molecule has 134 valence electrons. The van der Waals surface area contributed by atoms with E-state index in [-0.39, 0.29) is 6.04 Å². The molecular weight excluding hydrogens is 322 g/mol. The first-order valence-corrected chi connectivity index (χ1v) is 8.95. The predicted molar refractivity (Wildman–Crippen MR) is 105 cm³/mol. The molecule has 3 heteroatoms. The van der Waals surface area contributed by atoms with E-state index in [9.17, 15) is 5.11 Å². The van der Waals surface area contributed by atoms with E-state index in [2.05, 4.69) is 24.4 Å². The van der Waals surface area contributed by atoms with Crippen molar-refractivity contribution >= 4 is 0 Å². The van der Waals surface area contributed by atoms with Crippen LogP contribution in [0.1, 0.15) is 35.8 Å². The van der Waals surface area contributed by atoms with Crippen molar-refractivity contribution in [1.82, 2.24) is 5.32 Å². The molecule has 26 heavy (non-hydrogen) atoms. The van der Waals surface area contributed by atoms with Gasteiger partial charge in [-0.3, -0.25) is 0 Å². The van der Waals surface area contributed by atoms with Crippen molar-refractivity contribution in [3.8, 4) is 5.75 Å². The lowest BCUT2D eigenvalue weighted by atomic mass is 10.1. The summed E-state index contributed by atoms with van der Waals surface area (Å²) < 4.78 is 5.79. The topological polar surface area (TPSA) is 41.5 Å². The Morgan fingerprint density at radius 1 is 0.808 bits per heavy atom. The molecule has 0 aliphatic carbocycles. The zero-order chi connectivity index (χ0) is 18.2. The van der Waals surface area contributed by atoms with Crippen molar-refractivity contribution in [2.24, 2.45) is 0 Å². The molecule has 2 atom stereocenters. The van der Waals surface area contributed by atoms with Gasteiger partial charge in [0, 0.05) is 12.6 Å². The highest BCUT2D eigenvalue weighted by Crippen LogP contribution is 2.19. The molecule has 3 nitrogen and oxygen atoms in total. The fraction of sp³-hybridized carbons (Fsp3) is 0.217. The zero-order valence-corrected chi connectivity index (χ0v) is 15.0. The Morgan fingerprint density at radius 3 is 2.08 bits per heavy atom. The summed E-state index contributed by atoms with van der Waals surface area (Å²) in [5, 5.41) is 13.8. The second-order valence-corrected chi connectivity index (χ2v) is 6.40. The van der Waals surface area contributed by atoms with Gasteiger partial charge >= 0.3 is 0 Å². The van der Waals surface area contributed by atoms with Gasteiger partial charge in [0.2, 0.25) is 0 Å². The minimum atomic E-state index is -0.552. The maximum absolute atomic E-state index is 10.4. The highest BCUT2D eigenvalue weighted by atomic mass is 16.5. The van der Waals surface area contributed by atoms with Crippen LogP contribution in [0.3, 0.4) is 0 Å². The van der Waals surface area contributed by atoms with Crippen molar-refractivity contribution in [3.05, 3.63) is 102 Å². The van der Waals surface area contributed by atoms with Gasteiger partial charge in [-0.25, -0.2) is 0 Å². The molecule has 0 aromatic heterocycles. The molecule has 3 aromatic rings. The van der Waals surface area contributed by atoms with Crippen LogP contribution in [0, 0.1) is 0 Å². The van der Waals surface area contributed by atoms with Crippen molar-refractivity contribution < 1.29 is 9.84 Å². The van der Waals surface area contributed by atoms with E-state index in [0.29, 0.717) is 13.2 Å². The van der Waals surface area contributed by atoms with Gasteiger partial charge in [0.05, 0.1) is 6.10 Å². The minimum Gasteiger partial charge on any atom is -0.489 e. The van der Waals surface area contributed by atoms with E-state index in [1.807, 2.05) is 72.8 Å². The molecule has 0 aliphatic rings. The molecule has 0 amide bonds. The molecule has 0 spiro atoms. The molecule has 0 fully saturated rings. The summed E-state index contributed by atoms with van der Waals surface area (Å²) in [4.78, 5) is 0. The van der Waals surface area contributed by atoms with E-state index in [1.165, 1.54) is 5.56 Å². The molecule has 0 bridgehead atoms. The van der Waals surface area contributed by atoms with Crippen LogP contribution >= 0.6 is 0 Å². The van der Waals surface area contributed by atoms with Gasteiger partial charge in [-0.05, 0) is 35.7 Å². The predicted octanol–water partition coefficient (Wildman–Crippen LogP) is 4.65. The lowest BCUT2D eigenvalue weighted by molar-refractivity contribution is 0.170. The Kier molecular flexibility index (Phi) is 6.42. The Morgan fingerprint density at radius 2 is 1.42 bits per heavy atom. The van der Waals surface area contributed by atoms with Gasteiger partial charge in [-0.2, -0.15) is 0 Å². The van der Waals surface area contributed by atoms with Crippen LogP contribution in [0.15, 0.2) is 84.9 Å². The van der Waals surface area contributed by atoms with Gasteiger partial charge in [0.15, 0.2) is 0 Å². The largest absolute Gasteiger partial charge is 0.489 e. The second-order valence-electron chi connectivity index (χ2n) is 6.40. The molecule has 0 saturated carbocycles. The molecule has 3 rings (SSSR count). The maximum Gasteiger partial charge on any atom is 0.119 e. The average molecular weight is 347 g/mol. The third kappa shape index (κ3) is 5.19. The monoisotopic (exact) mass is 347 g/mol. The number of nitrogens with one attached hydrogen (secondary N) is 1. The Bertz CT molecular complexity index is 772. The molecule has 3 aromatic carbocycles. The SMILES string of the molecule is CC(NC[C@H](O)c1ccc(OCc2ccccc2)cc1)c1ccccc1. The van der Waals surface area contributed by atoms with Crippen molar-refractivity contribution in [2.45, 2.75) is 25.7 Å². The fourth-order valence-corrected chi connectivity index (χ4v) is 2.79. The van der Waals surface area contributed by atoms with Crippen LogP contribution in [-0.2, 0) is 6.61 Å². The molecular formula is C23H25NO2. The summed E-state index contributed by atoms with van der Waals surface area (Å²) in [6, 6.07) is 28.1. The van der Waals surface area contributed by atoms with Gasteiger partial charge < -0.3 is 15.2 Å². The van der Waals surface area contributed by atoms with Crippen molar-refractivity contribution in [2.75, 3.05) is 6.54 Å². The van der Waals surface area contributed by atoms with Crippen molar-refractivity contribution in [1.29, 1.82) is 0 Å². The highest BCUT2D eigenvalue weighted by molar-refractivity contribution is 5.29. The van der Waals surface area contributed by atoms with Gasteiger partial charge in [-0.15, -0.1) is 0 Å². The van der Waals surface area contributed by atoms with E-state index in [1.54, 1.807) is 0 Å². The Balaban J connectivity index is 1.49. The van der Waals surface area contributed by atoms with Crippen molar-refractivity contribution in [3.63, 3.8) is 0 Å². The van der Waals surface area contributed by atoms with Gasteiger partial charge in [0.1, 0.15) is 12.4 Å². The Labute approximate surface area is 155 Å². The second kappa shape index (κ2) is 9.18. The molecule has 1 unspecified atom stereocenters. The average Bonchev–Trinajstić information content (AvgIpc) is 2.72. The number of hydrogen-bond donors (Lipinski definition) is 2. The third-order valence-corrected chi connectivity index (χ3v) is 4.43. The smallest absolute Gasteiger partial charge is 0.119 e. The number of ether oxygens (including phenoxy) is 1. The number of aliphatic hydroxyl groups is 1. The van der Waals surface area contributed by atoms with Gasteiger partial charge in [-0.1, -0.05) is 72.8 Å². The number of benzene rings is 3. The lowest BCUT2D eigenvalue weighted by Crippen LogP contribution is -2.24. The van der Waals surface area contributed by atoms with E-state index < -0.39 is 6.10 Å². The van der Waals surface area contributed by atoms with Crippen LogP contribution in [0.5, 0.6) is 5.75 Å². The number of hydrogen-bond acceptors (Lipinski definition) is 3. The summed E-state index contributed by atoms with van der Waals surface area (Å²) in [5.74, 6) is 0.801. The van der Waals surface area contributed by atoms with E-state index in [0.717, 1.165) is 16.9 Å². The summed E-state index contributed by atoms with van der Waals surface area (Å²) >= 11 is 0. The maximum atomic E-state index is 10.4. The summed E-state index contributed by atoms with van der Waals surface area (Å²) in [7, 11) is 0. The van der Waals surface area contributed by atoms with Crippen LogP contribution < -0.4 is 10.1 Å². The quantitative estimate of drug-likeness (QED) is 0.623. The van der Waals surface area contributed by atoms with Crippen LogP contribution in [-0.4, -0.2) is 11.7 Å². The Hall–Kier alpha value is -2.62. The summed E-state index contributed by atoms with van der Waals surface area (Å²) in [6.45, 7) is 3.14. The van der Waals surface area contributed by atoms with Crippen LogP contribution in [0.4, 0.5) is 0 Å². The highest BCUT2D eigenvalue weighted by Gasteiger charge is 2.10. The zero-order valence-electron chi connectivity index (χ0n) is 15.0. The van der Waals surface area contributed by atoms with E-state index >= 15 is 0 Å². The fourth-order valence-electron chi connectivity index (χ4n) is 2.79. The molecule has 2 N–H and O–H groups in total. The first kappa shape index (κ1) is 18.2. The molecule has 0 radical (unpaired) electrons. The standard InChI is InChI=1S/C23H25NO2/c1-18(20-10-6-3-7-11-20)24-16-23(25)21-12-14-22(15-13-21)26-17-19-8-4-2-5-9-19/h2-15,18,23-25H,16-17H2,1H3/t18?,23-/m0/s1. The normalized spacial score (nSPS) is 13.2. The molecule has 0 heterocycles. The lowest BCUT2D eigenvalue weighted by Gasteiger charge is -2.18. The first-order valence-electron chi connectivity index (χ1n) is 8.95. The first-order chi connectivity index (χ1) is 12.7. The van der Waals surface area contributed by atoms with Crippen LogP contribution in [0.2, 0.25) is 0 Å². The third-order valence-electron chi connectivity index (χ3n) is 4.43. The summed E-state index contributed by atoms with van der Waals surface area (Å²) in [6.07, 6.45) is -0.552.